The molecule has 0 aliphatic rings. The number of carbonyl (C=O) groups is 2. The zero-order valence-electron chi connectivity index (χ0n) is 14.7. The van der Waals surface area contributed by atoms with Crippen LogP contribution < -0.4 is 16.4 Å². The molecule has 0 fully saturated rings. The second-order valence-electron chi connectivity index (χ2n) is 5.67. The lowest BCUT2D eigenvalue weighted by Crippen LogP contribution is -2.12. The maximum absolute atomic E-state index is 12.6. The maximum atomic E-state index is 12.6. The third kappa shape index (κ3) is 5.39. The summed E-state index contributed by atoms with van der Waals surface area (Å²) < 4.78 is 37.7. The number of hydrogen-bond donors (Lipinski definition) is 4. The van der Waals surface area contributed by atoms with E-state index in [1.54, 1.807) is 30.3 Å². The first-order chi connectivity index (χ1) is 14.1. The Morgan fingerprint density at radius 2 is 1.77 bits per heavy atom. The number of carbonyl (C=O) groups excluding carboxylic acids is 1. The fourth-order valence-electron chi connectivity index (χ4n) is 2.20. The standard InChI is InChI=1S/C17H12F3N5O3S2/c18-17(19,20)14-24-25-15(30-14)23-13(26)8-1-6-12(11(21)7-8)29-10-4-2-9(3-5-10)22-16(27)28/h1-7,22H,21H2,(H,27,28)(H,23,25,26). The van der Waals surface area contributed by atoms with Gasteiger partial charge in [-0.25, -0.2) is 4.79 Å². The first-order valence-corrected chi connectivity index (χ1v) is 9.64. The number of halogens is 3. The van der Waals surface area contributed by atoms with E-state index in [9.17, 15) is 22.8 Å². The molecule has 2 amide bonds. The lowest BCUT2D eigenvalue weighted by Gasteiger charge is -2.09. The smallest absolute Gasteiger partial charge is 0.445 e. The lowest BCUT2D eigenvalue weighted by atomic mass is 10.2. The van der Waals surface area contributed by atoms with Crippen molar-refractivity contribution in [2.24, 2.45) is 0 Å². The predicted molar refractivity (Wildman–Crippen MR) is 106 cm³/mol. The van der Waals surface area contributed by atoms with Crippen molar-refractivity contribution < 1.29 is 27.9 Å². The molecule has 5 N–H and O–H groups in total. The van der Waals surface area contributed by atoms with Crippen molar-refractivity contribution in [3.8, 4) is 0 Å². The summed E-state index contributed by atoms with van der Waals surface area (Å²) in [4.78, 5) is 24.3. The quantitative estimate of drug-likeness (QED) is 0.413. The largest absolute Gasteiger partial charge is 0.465 e. The zero-order chi connectivity index (χ0) is 21.9. The highest BCUT2D eigenvalue weighted by molar-refractivity contribution is 7.99. The van der Waals surface area contributed by atoms with Crippen LogP contribution in [0.25, 0.3) is 0 Å². The Kier molecular flexibility index (Phi) is 6.12. The Morgan fingerprint density at radius 1 is 1.07 bits per heavy atom. The molecule has 0 atom stereocenters. The van der Waals surface area contributed by atoms with Gasteiger partial charge >= 0.3 is 12.3 Å². The van der Waals surface area contributed by atoms with Crippen molar-refractivity contribution in [2.45, 2.75) is 16.0 Å². The molecule has 0 saturated carbocycles. The van der Waals surface area contributed by atoms with E-state index in [1.165, 1.54) is 23.9 Å². The van der Waals surface area contributed by atoms with Gasteiger partial charge in [-0.15, -0.1) is 10.2 Å². The Hall–Kier alpha value is -3.32. The summed E-state index contributed by atoms with van der Waals surface area (Å²) in [5.74, 6) is -0.674. The highest BCUT2D eigenvalue weighted by atomic mass is 32.2. The predicted octanol–water partition coefficient (Wildman–Crippen LogP) is 4.63. The van der Waals surface area contributed by atoms with Crippen LogP contribution in [0.3, 0.4) is 0 Å². The summed E-state index contributed by atoms with van der Waals surface area (Å²) in [6.07, 6.45) is -5.80. The van der Waals surface area contributed by atoms with Gasteiger partial charge in [-0.1, -0.05) is 23.1 Å². The average Bonchev–Trinajstić information content (AvgIpc) is 3.13. The number of nitrogens with one attached hydrogen (secondary N) is 2. The minimum absolute atomic E-state index is 0.140. The van der Waals surface area contributed by atoms with Crippen LogP contribution >= 0.6 is 23.1 Å². The molecule has 2 aromatic carbocycles. The van der Waals surface area contributed by atoms with Gasteiger partial charge in [-0.2, -0.15) is 13.2 Å². The molecule has 30 heavy (non-hydrogen) atoms. The molecule has 0 radical (unpaired) electrons. The number of hydrogen-bond acceptors (Lipinski definition) is 7. The molecular weight excluding hydrogens is 443 g/mol. The Labute approximate surface area is 175 Å². The van der Waals surface area contributed by atoms with Gasteiger partial charge in [0.25, 0.3) is 5.91 Å². The van der Waals surface area contributed by atoms with Gasteiger partial charge in [0.15, 0.2) is 0 Å². The van der Waals surface area contributed by atoms with E-state index in [2.05, 4.69) is 20.8 Å². The Balaban J connectivity index is 1.68. The van der Waals surface area contributed by atoms with Crippen molar-refractivity contribution in [3.05, 3.63) is 53.0 Å². The topological polar surface area (TPSA) is 130 Å². The van der Waals surface area contributed by atoms with Gasteiger partial charge in [-0.3, -0.25) is 15.4 Å². The number of amides is 2. The molecule has 1 aromatic heterocycles. The second kappa shape index (κ2) is 8.59. The summed E-state index contributed by atoms with van der Waals surface area (Å²) in [6, 6.07) is 11.0. The normalized spacial score (nSPS) is 11.2. The third-order valence-corrected chi connectivity index (χ3v) is 5.48. The Bertz CT molecular complexity index is 1090. The number of anilines is 3. The van der Waals surface area contributed by atoms with Crippen LogP contribution in [0.2, 0.25) is 0 Å². The number of nitrogens with two attached hydrogens (primary N) is 1. The fourth-order valence-corrected chi connectivity index (χ4v) is 3.64. The van der Waals surface area contributed by atoms with E-state index in [0.29, 0.717) is 10.6 Å². The number of aromatic nitrogens is 2. The van der Waals surface area contributed by atoms with Crippen LogP contribution in [0.4, 0.5) is 34.5 Å². The third-order valence-electron chi connectivity index (χ3n) is 3.49. The van der Waals surface area contributed by atoms with Crippen molar-refractivity contribution in [3.63, 3.8) is 0 Å². The first-order valence-electron chi connectivity index (χ1n) is 8.01. The highest BCUT2D eigenvalue weighted by Gasteiger charge is 2.35. The summed E-state index contributed by atoms with van der Waals surface area (Å²) >= 11 is 1.52. The molecule has 1 heterocycles. The van der Waals surface area contributed by atoms with Gasteiger partial charge in [0.05, 0.1) is 0 Å². The van der Waals surface area contributed by atoms with Crippen LogP contribution in [0.1, 0.15) is 15.4 Å². The van der Waals surface area contributed by atoms with E-state index in [0.717, 1.165) is 4.90 Å². The van der Waals surface area contributed by atoms with E-state index < -0.39 is 23.2 Å². The molecule has 0 saturated heterocycles. The monoisotopic (exact) mass is 455 g/mol. The first kappa shape index (κ1) is 21.4. The molecule has 0 unspecified atom stereocenters. The highest BCUT2D eigenvalue weighted by Crippen LogP contribution is 2.34. The molecule has 3 aromatic rings. The van der Waals surface area contributed by atoms with E-state index in [-0.39, 0.29) is 27.7 Å². The van der Waals surface area contributed by atoms with Gasteiger partial charge in [-0.05, 0) is 42.5 Å². The minimum atomic E-state index is -4.63. The summed E-state index contributed by atoms with van der Waals surface area (Å²) in [5, 5.41) is 18.0. The zero-order valence-corrected chi connectivity index (χ0v) is 16.4. The summed E-state index contributed by atoms with van der Waals surface area (Å²) in [5.41, 5.74) is 6.83. The van der Waals surface area contributed by atoms with Crippen LogP contribution in [0.15, 0.2) is 52.3 Å². The molecule has 0 bridgehead atoms. The van der Waals surface area contributed by atoms with Gasteiger partial charge in [0, 0.05) is 26.7 Å². The SMILES string of the molecule is Nc1cc(C(=O)Nc2nnc(C(F)(F)F)s2)ccc1Sc1ccc(NC(=O)O)cc1. The molecule has 0 aliphatic carbocycles. The van der Waals surface area contributed by atoms with E-state index in [4.69, 9.17) is 10.8 Å². The number of benzene rings is 2. The average molecular weight is 455 g/mol. The van der Waals surface area contributed by atoms with Crippen LogP contribution in [0.5, 0.6) is 0 Å². The number of rotatable bonds is 5. The van der Waals surface area contributed by atoms with Crippen molar-refractivity contribution in [1.82, 2.24) is 10.2 Å². The summed E-state index contributed by atoms with van der Waals surface area (Å²) in [7, 11) is 0. The Morgan fingerprint density at radius 3 is 2.33 bits per heavy atom. The summed E-state index contributed by atoms with van der Waals surface area (Å²) in [6.45, 7) is 0. The molecule has 13 heteroatoms. The number of nitrogens with zero attached hydrogens (tertiary/aromatic N) is 2. The van der Waals surface area contributed by atoms with Crippen LogP contribution in [-0.4, -0.2) is 27.3 Å². The fraction of sp³-hybridized carbons (Fsp3) is 0.0588. The minimum Gasteiger partial charge on any atom is -0.465 e. The van der Waals surface area contributed by atoms with Crippen molar-refractivity contribution >= 4 is 51.6 Å². The molecule has 156 valence electrons. The molecule has 0 aliphatic heterocycles. The van der Waals surface area contributed by atoms with Gasteiger partial charge < -0.3 is 10.8 Å². The van der Waals surface area contributed by atoms with E-state index >= 15 is 0 Å². The van der Waals surface area contributed by atoms with Crippen molar-refractivity contribution in [1.29, 1.82) is 0 Å². The molecule has 8 nitrogen and oxygen atoms in total. The van der Waals surface area contributed by atoms with Crippen molar-refractivity contribution in [2.75, 3.05) is 16.4 Å². The molecular formula is C17H12F3N5O3S2. The van der Waals surface area contributed by atoms with E-state index in [1.807, 2.05) is 0 Å². The number of nitrogen functional groups attached to an aromatic ring is 1. The van der Waals surface area contributed by atoms with Crippen LogP contribution in [-0.2, 0) is 6.18 Å². The lowest BCUT2D eigenvalue weighted by molar-refractivity contribution is -0.138. The molecule has 0 spiro atoms. The van der Waals surface area contributed by atoms with Gasteiger partial charge in [0.2, 0.25) is 10.1 Å². The van der Waals surface area contributed by atoms with Crippen LogP contribution in [0, 0.1) is 0 Å². The number of alkyl halides is 3. The molecule has 3 rings (SSSR count). The maximum Gasteiger partial charge on any atom is 0.445 e. The van der Waals surface area contributed by atoms with Gasteiger partial charge in [0.1, 0.15) is 0 Å². The number of carboxylic acid groups (broad SMARTS) is 1. The second-order valence-corrected chi connectivity index (χ2v) is 7.77.